The second-order valence-corrected chi connectivity index (χ2v) is 6.80. The number of benzene rings is 2. The number of imidazole rings is 1. The highest BCUT2D eigenvalue weighted by Crippen LogP contribution is 2.17. The van der Waals surface area contributed by atoms with Gasteiger partial charge < -0.3 is 14.0 Å². The van der Waals surface area contributed by atoms with E-state index in [9.17, 15) is 9.18 Å². The molecule has 0 saturated carbocycles. The van der Waals surface area contributed by atoms with Crippen LogP contribution >= 0.6 is 0 Å². The van der Waals surface area contributed by atoms with E-state index >= 15 is 0 Å². The number of nitrogens with zero attached hydrogens (tertiary/aromatic N) is 3. The van der Waals surface area contributed by atoms with Gasteiger partial charge in [0.05, 0.1) is 5.69 Å². The average molecular weight is 389 g/mol. The molecule has 2 heterocycles. The molecular formula is C23H20FN3O2. The number of carbonyl (C=O) groups excluding carboxylic acids is 1. The van der Waals surface area contributed by atoms with Crippen molar-refractivity contribution in [1.82, 2.24) is 14.3 Å². The molecule has 5 nitrogen and oxygen atoms in total. The number of aromatic nitrogens is 2. The van der Waals surface area contributed by atoms with Crippen molar-refractivity contribution in [2.45, 2.75) is 13.2 Å². The zero-order valence-electron chi connectivity index (χ0n) is 16.0. The van der Waals surface area contributed by atoms with Crippen LogP contribution in [0.3, 0.4) is 0 Å². The van der Waals surface area contributed by atoms with E-state index in [4.69, 9.17) is 4.74 Å². The maximum Gasteiger partial charge on any atom is 0.254 e. The van der Waals surface area contributed by atoms with Gasteiger partial charge in [-0.05, 0) is 48.0 Å². The lowest BCUT2D eigenvalue weighted by Gasteiger charge is -2.18. The standard InChI is InChI=1S/C23H20FN3O2/c1-26(14-17-8-10-19(24)11-9-17)23(28)18-5-4-6-21(13-18)29-16-20-15-27-12-3-2-7-22(27)25-20/h2-13,15H,14,16H2,1H3. The Morgan fingerprint density at radius 3 is 2.72 bits per heavy atom. The van der Waals surface area contributed by atoms with Crippen LogP contribution in [0, 0.1) is 5.82 Å². The van der Waals surface area contributed by atoms with Gasteiger partial charge in [0.15, 0.2) is 0 Å². The summed E-state index contributed by atoms with van der Waals surface area (Å²) in [5, 5.41) is 0. The number of halogens is 1. The van der Waals surface area contributed by atoms with Crippen molar-refractivity contribution in [3.05, 3.63) is 102 Å². The molecule has 0 bridgehead atoms. The summed E-state index contributed by atoms with van der Waals surface area (Å²) in [6.45, 7) is 0.705. The lowest BCUT2D eigenvalue weighted by Crippen LogP contribution is -2.26. The first kappa shape index (κ1) is 18.7. The minimum Gasteiger partial charge on any atom is -0.487 e. The van der Waals surface area contributed by atoms with Crippen molar-refractivity contribution in [3.63, 3.8) is 0 Å². The van der Waals surface area contributed by atoms with E-state index in [0.717, 1.165) is 16.9 Å². The van der Waals surface area contributed by atoms with Crippen LogP contribution in [0.15, 0.2) is 79.1 Å². The zero-order chi connectivity index (χ0) is 20.2. The minimum atomic E-state index is -0.293. The summed E-state index contributed by atoms with van der Waals surface area (Å²) in [5.74, 6) is 0.175. The Balaban J connectivity index is 1.41. The van der Waals surface area contributed by atoms with E-state index in [-0.39, 0.29) is 11.7 Å². The lowest BCUT2D eigenvalue weighted by atomic mass is 10.1. The number of amides is 1. The summed E-state index contributed by atoms with van der Waals surface area (Å²) in [6, 6.07) is 19.0. The van der Waals surface area contributed by atoms with Gasteiger partial charge in [0.25, 0.3) is 5.91 Å². The molecule has 0 aliphatic carbocycles. The predicted octanol–water partition coefficient (Wildman–Crippen LogP) is 4.32. The smallest absolute Gasteiger partial charge is 0.254 e. The molecular weight excluding hydrogens is 369 g/mol. The number of carbonyl (C=O) groups is 1. The molecule has 4 aromatic rings. The average Bonchev–Trinajstić information content (AvgIpc) is 3.16. The number of hydrogen-bond donors (Lipinski definition) is 0. The fraction of sp³-hybridized carbons (Fsp3) is 0.130. The molecule has 4 rings (SSSR count). The molecule has 146 valence electrons. The first-order valence-corrected chi connectivity index (χ1v) is 9.24. The summed E-state index contributed by atoms with van der Waals surface area (Å²) in [4.78, 5) is 18.8. The number of ether oxygens (including phenoxy) is 1. The quantitative estimate of drug-likeness (QED) is 0.493. The Kier molecular flexibility index (Phi) is 5.24. The number of rotatable bonds is 6. The maximum absolute atomic E-state index is 13.0. The molecule has 0 radical (unpaired) electrons. The van der Waals surface area contributed by atoms with Crippen molar-refractivity contribution in [1.29, 1.82) is 0 Å². The molecule has 2 aromatic heterocycles. The Bertz CT molecular complexity index is 1110. The zero-order valence-corrected chi connectivity index (χ0v) is 16.0. The van der Waals surface area contributed by atoms with E-state index in [1.165, 1.54) is 12.1 Å². The second kappa shape index (κ2) is 8.14. The SMILES string of the molecule is CN(Cc1ccc(F)cc1)C(=O)c1cccc(OCc2cn3ccccc3n2)c1. The fourth-order valence-corrected chi connectivity index (χ4v) is 3.09. The lowest BCUT2D eigenvalue weighted by molar-refractivity contribution is 0.0784. The first-order chi connectivity index (χ1) is 14.1. The molecule has 0 spiro atoms. The van der Waals surface area contributed by atoms with E-state index in [0.29, 0.717) is 24.5 Å². The summed E-state index contributed by atoms with van der Waals surface area (Å²) in [7, 11) is 1.72. The largest absolute Gasteiger partial charge is 0.487 e. The van der Waals surface area contributed by atoms with Crippen molar-refractivity contribution in [2.75, 3.05) is 7.05 Å². The van der Waals surface area contributed by atoms with Crippen molar-refractivity contribution in [3.8, 4) is 5.75 Å². The molecule has 0 unspecified atom stereocenters. The van der Waals surface area contributed by atoms with E-state index < -0.39 is 0 Å². The van der Waals surface area contributed by atoms with Crippen molar-refractivity contribution in [2.24, 2.45) is 0 Å². The van der Waals surface area contributed by atoms with Crippen LogP contribution in [0.5, 0.6) is 5.75 Å². The predicted molar refractivity (Wildman–Crippen MR) is 108 cm³/mol. The van der Waals surface area contributed by atoms with Crippen LogP contribution < -0.4 is 4.74 Å². The summed E-state index contributed by atoms with van der Waals surface area (Å²) >= 11 is 0. The van der Waals surface area contributed by atoms with Crippen LogP contribution in [-0.2, 0) is 13.2 Å². The van der Waals surface area contributed by atoms with Crippen LogP contribution in [0.4, 0.5) is 4.39 Å². The molecule has 2 aromatic carbocycles. The molecule has 0 atom stereocenters. The molecule has 6 heteroatoms. The maximum atomic E-state index is 13.0. The first-order valence-electron chi connectivity index (χ1n) is 9.24. The Labute approximate surface area is 168 Å². The Morgan fingerprint density at radius 1 is 1.10 bits per heavy atom. The topological polar surface area (TPSA) is 46.8 Å². The monoisotopic (exact) mass is 389 g/mol. The second-order valence-electron chi connectivity index (χ2n) is 6.80. The van der Waals surface area contributed by atoms with Gasteiger partial charge in [-0.15, -0.1) is 0 Å². The summed E-state index contributed by atoms with van der Waals surface area (Å²) in [6.07, 6.45) is 3.85. The molecule has 0 aliphatic rings. The van der Waals surface area contributed by atoms with Crippen molar-refractivity contribution < 1.29 is 13.9 Å². The normalized spacial score (nSPS) is 10.8. The van der Waals surface area contributed by atoms with Gasteiger partial charge in [0, 0.05) is 31.5 Å². The van der Waals surface area contributed by atoms with Crippen LogP contribution in [0.25, 0.3) is 5.65 Å². The van der Waals surface area contributed by atoms with Gasteiger partial charge in [0.2, 0.25) is 0 Å². The third-order valence-electron chi connectivity index (χ3n) is 4.56. The molecule has 0 aliphatic heterocycles. The highest BCUT2D eigenvalue weighted by Gasteiger charge is 2.13. The highest BCUT2D eigenvalue weighted by molar-refractivity contribution is 5.94. The molecule has 0 fully saturated rings. The van der Waals surface area contributed by atoms with Gasteiger partial charge >= 0.3 is 0 Å². The molecule has 0 N–H and O–H groups in total. The number of pyridine rings is 1. The van der Waals surface area contributed by atoms with E-state index in [2.05, 4.69) is 4.98 Å². The van der Waals surface area contributed by atoms with E-state index in [1.807, 2.05) is 41.1 Å². The van der Waals surface area contributed by atoms with Gasteiger partial charge in [-0.2, -0.15) is 0 Å². The van der Waals surface area contributed by atoms with Crippen LogP contribution in [-0.4, -0.2) is 27.2 Å². The van der Waals surface area contributed by atoms with Gasteiger partial charge in [-0.1, -0.05) is 24.3 Å². The van der Waals surface area contributed by atoms with Gasteiger partial charge in [-0.25, -0.2) is 9.37 Å². The molecule has 29 heavy (non-hydrogen) atoms. The van der Waals surface area contributed by atoms with Gasteiger partial charge in [0.1, 0.15) is 23.8 Å². The Hall–Kier alpha value is -3.67. The third-order valence-corrected chi connectivity index (χ3v) is 4.56. The van der Waals surface area contributed by atoms with Crippen molar-refractivity contribution >= 4 is 11.6 Å². The summed E-state index contributed by atoms with van der Waals surface area (Å²) in [5.41, 5.74) is 3.06. The molecule has 1 amide bonds. The molecule has 0 saturated heterocycles. The summed E-state index contributed by atoms with van der Waals surface area (Å²) < 4.78 is 20.8. The van der Waals surface area contributed by atoms with Crippen LogP contribution in [0.1, 0.15) is 21.6 Å². The minimum absolute atomic E-state index is 0.132. The van der Waals surface area contributed by atoms with Gasteiger partial charge in [-0.3, -0.25) is 4.79 Å². The number of hydrogen-bond acceptors (Lipinski definition) is 3. The van der Waals surface area contributed by atoms with Crippen LogP contribution in [0.2, 0.25) is 0 Å². The van der Waals surface area contributed by atoms with E-state index in [1.54, 1.807) is 42.3 Å². The third kappa shape index (κ3) is 4.43. The highest BCUT2D eigenvalue weighted by atomic mass is 19.1. The Morgan fingerprint density at radius 2 is 1.93 bits per heavy atom. The number of fused-ring (bicyclic) bond motifs is 1. The fourth-order valence-electron chi connectivity index (χ4n) is 3.09.